The van der Waals surface area contributed by atoms with Crippen molar-refractivity contribution in [2.45, 2.75) is 45.3 Å². The molecule has 1 atom stereocenters. The monoisotopic (exact) mass is 465 g/mol. The van der Waals surface area contributed by atoms with Crippen LogP contribution in [0.4, 0.5) is 0 Å². The molecule has 1 aromatic heterocycles. The molecule has 2 N–H and O–H groups in total. The Bertz CT molecular complexity index is 450. The maximum absolute atomic E-state index is 5.67. The van der Waals surface area contributed by atoms with Crippen molar-refractivity contribution < 1.29 is 9.47 Å². The summed E-state index contributed by atoms with van der Waals surface area (Å²) in [6, 6.07) is 0. The van der Waals surface area contributed by atoms with Crippen LogP contribution in [0.15, 0.2) is 23.7 Å². The zero-order valence-corrected chi connectivity index (χ0v) is 17.5. The molecule has 1 unspecified atom stereocenters. The van der Waals surface area contributed by atoms with E-state index in [2.05, 4.69) is 32.1 Å². The van der Waals surface area contributed by atoms with Crippen molar-refractivity contribution in [2.75, 3.05) is 39.5 Å². The fraction of sp³-hybridized carbons (Fsp3) is 0.765. The Morgan fingerprint density at radius 1 is 1.40 bits per heavy atom. The van der Waals surface area contributed by atoms with Crippen LogP contribution in [0.5, 0.6) is 0 Å². The van der Waals surface area contributed by atoms with Gasteiger partial charge in [-0.3, -0.25) is 4.99 Å². The van der Waals surface area contributed by atoms with Gasteiger partial charge in [-0.1, -0.05) is 0 Å². The number of nitrogens with zero attached hydrogens (tertiary/aromatic N) is 3. The summed E-state index contributed by atoms with van der Waals surface area (Å²) in [4.78, 5) is 8.63. The van der Waals surface area contributed by atoms with Gasteiger partial charge in [0.25, 0.3) is 0 Å². The Kier molecular flexibility index (Phi) is 12.7. The van der Waals surface area contributed by atoms with Crippen LogP contribution in [0.3, 0.4) is 0 Å². The van der Waals surface area contributed by atoms with Crippen LogP contribution in [0.1, 0.15) is 32.6 Å². The standard InChI is InChI=1S/C17H31N5O2.HI/c1-2-19-17(20-7-4-10-22-11-9-18-15-22)21-8-5-12-23-14-16-6-3-13-24-16;/h9,11,15-16H,2-8,10,12-14H2,1H3,(H2,19,20,21);1H. The van der Waals surface area contributed by atoms with Crippen molar-refractivity contribution >= 4 is 29.9 Å². The van der Waals surface area contributed by atoms with Gasteiger partial charge in [0.1, 0.15) is 0 Å². The lowest BCUT2D eigenvalue weighted by Crippen LogP contribution is -2.38. The molecule has 0 radical (unpaired) electrons. The molecule has 0 aliphatic carbocycles. The van der Waals surface area contributed by atoms with Crippen molar-refractivity contribution in [3.63, 3.8) is 0 Å². The first-order valence-electron chi connectivity index (χ1n) is 9.05. The Balaban J connectivity index is 0.00000312. The number of aromatic nitrogens is 2. The lowest BCUT2D eigenvalue weighted by atomic mass is 10.2. The van der Waals surface area contributed by atoms with Gasteiger partial charge in [0.2, 0.25) is 0 Å². The minimum absolute atomic E-state index is 0. The van der Waals surface area contributed by atoms with Gasteiger partial charge in [0.15, 0.2) is 5.96 Å². The molecule has 2 heterocycles. The van der Waals surface area contributed by atoms with Crippen molar-refractivity contribution in [3.8, 4) is 0 Å². The molecule has 0 aromatic carbocycles. The fourth-order valence-corrected chi connectivity index (χ4v) is 2.58. The number of aliphatic imine (C=N–C) groups is 1. The summed E-state index contributed by atoms with van der Waals surface area (Å²) in [7, 11) is 0. The van der Waals surface area contributed by atoms with Crippen LogP contribution in [-0.2, 0) is 16.0 Å². The minimum atomic E-state index is 0. The lowest BCUT2D eigenvalue weighted by Gasteiger charge is -2.12. The van der Waals surface area contributed by atoms with E-state index in [0.29, 0.717) is 6.10 Å². The molecule has 25 heavy (non-hydrogen) atoms. The van der Waals surface area contributed by atoms with Crippen molar-refractivity contribution in [2.24, 2.45) is 4.99 Å². The van der Waals surface area contributed by atoms with E-state index in [1.807, 2.05) is 12.5 Å². The number of imidazole rings is 1. The molecule has 1 fully saturated rings. The fourth-order valence-electron chi connectivity index (χ4n) is 2.58. The maximum Gasteiger partial charge on any atom is 0.191 e. The van der Waals surface area contributed by atoms with Crippen LogP contribution in [0.25, 0.3) is 0 Å². The molecular weight excluding hydrogens is 433 g/mol. The largest absolute Gasteiger partial charge is 0.379 e. The number of halogens is 1. The summed E-state index contributed by atoms with van der Waals surface area (Å²) in [5.41, 5.74) is 0. The first kappa shape index (κ1) is 22.2. The number of aryl methyl sites for hydroxylation is 1. The molecule has 1 aliphatic rings. The number of guanidine groups is 1. The average molecular weight is 465 g/mol. The highest BCUT2D eigenvalue weighted by atomic mass is 127. The normalized spacial score (nSPS) is 17.3. The van der Waals surface area contributed by atoms with Crippen LogP contribution in [-0.4, -0.2) is 61.1 Å². The third-order valence-corrected chi connectivity index (χ3v) is 3.83. The molecule has 0 bridgehead atoms. The first-order chi connectivity index (χ1) is 11.9. The Labute approximate surface area is 168 Å². The molecule has 0 spiro atoms. The van der Waals surface area contributed by atoms with Crippen LogP contribution >= 0.6 is 24.0 Å². The topological polar surface area (TPSA) is 72.7 Å². The summed E-state index contributed by atoms with van der Waals surface area (Å²) < 4.78 is 13.3. The second kappa shape index (κ2) is 14.3. The number of rotatable bonds is 11. The van der Waals surface area contributed by atoms with Crippen molar-refractivity contribution in [1.82, 2.24) is 20.2 Å². The number of nitrogens with one attached hydrogen (secondary N) is 2. The van der Waals surface area contributed by atoms with Gasteiger partial charge in [0, 0.05) is 51.8 Å². The molecule has 1 aliphatic heterocycles. The molecule has 7 nitrogen and oxygen atoms in total. The summed E-state index contributed by atoms with van der Waals surface area (Å²) in [6.07, 6.45) is 10.2. The molecule has 2 rings (SSSR count). The molecule has 8 heteroatoms. The van der Waals surface area contributed by atoms with Gasteiger partial charge in [-0.2, -0.15) is 0 Å². The molecule has 1 aromatic rings. The van der Waals surface area contributed by atoms with E-state index in [0.717, 1.165) is 71.2 Å². The Morgan fingerprint density at radius 2 is 2.32 bits per heavy atom. The van der Waals surface area contributed by atoms with E-state index < -0.39 is 0 Å². The quantitative estimate of drug-likeness (QED) is 0.227. The van der Waals surface area contributed by atoms with Gasteiger partial charge in [-0.05, 0) is 32.6 Å². The zero-order chi connectivity index (χ0) is 16.9. The van der Waals surface area contributed by atoms with Gasteiger partial charge >= 0.3 is 0 Å². The van der Waals surface area contributed by atoms with Crippen LogP contribution in [0.2, 0.25) is 0 Å². The van der Waals surface area contributed by atoms with E-state index in [1.54, 1.807) is 6.20 Å². The third-order valence-electron chi connectivity index (χ3n) is 3.83. The Morgan fingerprint density at radius 3 is 3.04 bits per heavy atom. The van der Waals surface area contributed by atoms with Crippen molar-refractivity contribution in [1.29, 1.82) is 0 Å². The predicted octanol–water partition coefficient (Wildman–Crippen LogP) is 2.03. The van der Waals surface area contributed by atoms with E-state index in [-0.39, 0.29) is 24.0 Å². The zero-order valence-electron chi connectivity index (χ0n) is 15.2. The molecule has 0 saturated carbocycles. The molecule has 144 valence electrons. The lowest BCUT2D eigenvalue weighted by molar-refractivity contribution is 0.0168. The average Bonchev–Trinajstić information content (AvgIpc) is 3.28. The summed E-state index contributed by atoms with van der Waals surface area (Å²) >= 11 is 0. The van der Waals surface area contributed by atoms with Gasteiger partial charge < -0.3 is 24.7 Å². The van der Waals surface area contributed by atoms with E-state index >= 15 is 0 Å². The maximum atomic E-state index is 5.67. The highest BCUT2D eigenvalue weighted by molar-refractivity contribution is 14.0. The van der Waals surface area contributed by atoms with Crippen LogP contribution < -0.4 is 10.6 Å². The van der Waals surface area contributed by atoms with E-state index in [4.69, 9.17) is 9.47 Å². The second-order valence-corrected chi connectivity index (χ2v) is 5.90. The smallest absolute Gasteiger partial charge is 0.191 e. The van der Waals surface area contributed by atoms with E-state index in [9.17, 15) is 0 Å². The SMILES string of the molecule is CCNC(=NCCCn1ccnc1)NCCCOCC1CCCO1.I. The minimum Gasteiger partial charge on any atom is -0.379 e. The number of ether oxygens (including phenoxy) is 2. The molecule has 1 saturated heterocycles. The highest BCUT2D eigenvalue weighted by Gasteiger charge is 2.14. The van der Waals surface area contributed by atoms with Crippen LogP contribution in [0, 0.1) is 0 Å². The molecule has 0 amide bonds. The number of hydrogen-bond acceptors (Lipinski definition) is 4. The van der Waals surface area contributed by atoms with Gasteiger partial charge in [0.05, 0.1) is 19.0 Å². The second-order valence-electron chi connectivity index (χ2n) is 5.90. The highest BCUT2D eigenvalue weighted by Crippen LogP contribution is 2.11. The summed E-state index contributed by atoms with van der Waals surface area (Å²) in [6.45, 7) is 7.91. The predicted molar refractivity (Wildman–Crippen MR) is 111 cm³/mol. The first-order valence-corrected chi connectivity index (χ1v) is 9.05. The van der Waals surface area contributed by atoms with Gasteiger partial charge in [-0.25, -0.2) is 4.98 Å². The Hall–Kier alpha value is -0.870. The third kappa shape index (κ3) is 10.0. The molecular formula is C17H32IN5O2. The number of hydrogen-bond donors (Lipinski definition) is 2. The van der Waals surface area contributed by atoms with Crippen molar-refractivity contribution in [3.05, 3.63) is 18.7 Å². The summed E-state index contributed by atoms with van der Waals surface area (Å²) in [5, 5.41) is 6.62. The van der Waals surface area contributed by atoms with E-state index in [1.165, 1.54) is 6.42 Å². The summed E-state index contributed by atoms with van der Waals surface area (Å²) in [5.74, 6) is 0.877. The van der Waals surface area contributed by atoms with Gasteiger partial charge in [-0.15, -0.1) is 24.0 Å².